The van der Waals surface area contributed by atoms with Crippen LogP contribution in [-0.4, -0.2) is 24.4 Å². The highest BCUT2D eigenvalue weighted by atomic mass is 16.3. The maximum Gasteiger partial charge on any atom is 0.238 e. The summed E-state index contributed by atoms with van der Waals surface area (Å²) in [6.45, 7) is 4.72. The first-order valence-electron chi connectivity index (χ1n) is 6.84. The molecular weight excluding hydrogens is 266 g/mol. The van der Waals surface area contributed by atoms with Crippen LogP contribution in [0, 0.1) is 13.8 Å². The number of carbonyl (C=O) groups excluding carboxylic acids is 1. The van der Waals surface area contributed by atoms with Crippen molar-refractivity contribution in [1.82, 2.24) is 4.90 Å². The molecule has 0 radical (unpaired) electrons. The van der Waals surface area contributed by atoms with Gasteiger partial charge in [0, 0.05) is 11.4 Å². The number of rotatable bonds is 5. The monoisotopic (exact) mass is 287 g/mol. The molecule has 0 saturated carbocycles. The van der Waals surface area contributed by atoms with E-state index in [1.165, 1.54) is 0 Å². The van der Waals surface area contributed by atoms with Crippen LogP contribution in [-0.2, 0) is 11.3 Å². The molecule has 2 rings (SSSR count). The molecule has 21 heavy (non-hydrogen) atoms. The number of likely N-dealkylation sites (N-methyl/N-ethyl adjacent to an activating group) is 1. The minimum Gasteiger partial charge on any atom is -0.465 e. The van der Waals surface area contributed by atoms with Gasteiger partial charge in [-0.1, -0.05) is 6.07 Å². The van der Waals surface area contributed by atoms with Crippen LogP contribution in [0.1, 0.15) is 17.1 Å². The molecule has 2 aromatic rings. The van der Waals surface area contributed by atoms with Gasteiger partial charge in [0.25, 0.3) is 0 Å². The first kappa shape index (κ1) is 15.1. The fourth-order valence-electron chi connectivity index (χ4n) is 2.10. The summed E-state index contributed by atoms with van der Waals surface area (Å²) in [6, 6.07) is 9.31. The largest absolute Gasteiger partial charge is 0.465 e. The maximum absolute atomic E-state index is 12.1. The smallest absolute Gasteiger partial charge is 0.238 e. The van der Waals surface area contributed by atoms with Crippen LogP contribution < -0.4 is 11.1 Å². The molecule has 0 aliphatic carbocycles. The Morgan fingerprint density at radius 3 is 2.71 bits per heavy atom. The van der Waals surface area contributed by atoms with Crippen molar-refractivity contribution in [3.05, 3.63) is 47.4 Å². The second-order valence-electron chi connectivity index (χ2n) is 5.31. The van der Waals surface area contributed by atoms with Gasteiger partial charge < -0.3 is 15.5 Å². The van der Waals surface area contributed by atoms with Crippen LogP contribution in [0.5, 0.6) is 0 Å². The Labute approximate surface area is 124 Å². The topological polar surface area (TPSA) is 71.5 Å². The Bertz CT molecular complexity index is 634. The van der Waals surface area contributed by atoms with E-state index in [-0.39, 0.29) is 12.5 Å². The van der Waals surface area contributed by atoms with Crippen LogP contribution in [0.4, 0.5) is 11.4 Å². The second kappa shape index (κ2) is 6.45. The Balaban J connectivity index is 1.90. The lowest BCUT2D eigenvalue weighted by molar-refractivity contribution is -0.117. The average molecular weight is 287 g/mol. The molecule has 0 fully saturated rings. The molecule has 5 heteroatoms. The van der Waals surface area contributed by atoms with Gasteiger partial charge >= 0.3 is 0 Å². The number of aryl methyl sites for hydroxylation is 2. The molecule has 0 spiro atoms. The third-order valence-electron chi connectivity index (χ3n) is 3.17. The number of hydrogen-bond acceptors (Lipinski definition) is 4. The number of furan rings is 1. The Morgan fingerprint density at radius 2 is 2.05 bits per heavy atom. The van der Waals surface area contributed by atoms with Crippen molar-refractivity contribution in [2.75, 3.05) is 24.6 Å². The van der Waals surface area contributed by atoms with E-state index in [2.05, 4.69) is 5.32 Å². The summed E-state index contributed by atoms with van der Waals surface area (Å²) >= 11 is 0. The summed E-state index contributed by atoms with van der Waals surface area (Å²) in [4.78, 5) is 14.0. The summed E-state index contributed by atoms with van der Waals surface area (Å²) in [5.74, 6) is 1.65. The molecule has 3 N–H and O–H groups in total. The van der Waals surface area contributed by atoms with Crippen molar-refractivity contribution >= 4 is 17.3 Å². The van der Waals surface area contributed by atoms with E-state index in [0.29, 0.717) is 12.2 Å². The van der Waals surface area contributed by atoms with Crippen LogP contribution >= 0.6 is 0 Å². The number of nitrogens with zero attached hydrogens (tertiary/aromatic N) is 1. The van der Waals surface area contributed by atoms with Gasteiger partial charge in [0.1, 0.15) is 11.5 Å². The first-order chi connectivity index (χ1) is 9.94. The number of anilines is 2. The summed E-state index contributed by atoms with van der Waals surface area (Å²) in [5.41, 5.74) is 8.11. The average Bonchev–Trinajstić information content (AvgIpc) is 2.79. The number of nitrogens with two attached hydrogens (primary N) is 1. The number of benzene rings is 1. The number of nitrogen functional groups attached to an aromatic ring is 1. The predicted molar refractivity (Wildman–Crippen MR) is 84.0 cm³/mol. The van der Waals surface area contributed by atoms with E-state index in [9.17, 15) is 4.79 Å². The van der Waals surface area contributed by atoms with Gasteiger partial charge in [-0.25, -0.2) is 0 Å². The molecule has 5 nitrogen and oxygen atoms in total. The van der Waals surface area contributed by atoms with E-state index >= 15 is 0 Å². The van der Waals surface area contributed by atoms with Gasteiger partial charge in [-0.05, 0) is 50.7 Å². The standard InChI is InChI=1S/C16H21N3O2/c1-11-4-6-13(17)8-15(11)18-16(20)10-19(3)9-14-7-5-12(2)21-14/h4-8H,9-10,17H2,1-3H3,(H,18,20). The molecule has 0 aliphatic rings. The van der Waals surface area contributed by atoms with Gasteiger partial charge in [-0.3, -0.25) is 9.69 Å². The van der Waals surface area contributed by atoms with Gasteiger partial charge in [0.15, 0.2) is 0 Å². The molecule has 1 aromatic heterocycles. The Morgan fingerprint density at radius 1 is 1.29 bits per heavy atom. The van der Waals surface area contributed by atoms with Crippen molar-refractivity contribution in [3.63, 3.8) is 0 Å². The van der Waals surface area contributed by atoms with E-state index in [1.54, 1.807) is 6.07 Å². The third kappa shape index (κ3) is 4.36. The highest BCUT2D eigenvalue weighted by molar-refractivity contribution is 5.93. The van der Waals surface area contributed by atoms with Crippen molar-refractivity contribution in [2.24, 2.45) is 0 Å². The minimum atomic E-state index is -0.0746. The normalized spacial score (nSPS) is 10.9. The van der Waals surface area contributed by atoms with Crippen LogP contribution in [0.3, 0.4) is 0 Å². The number of carbonyl (C=O) groups is 1. The third-order valence-corrected chi connectivity index (χ3v) is 3.17. The van der Waals surface area contributed by atoms with E-state index in [0.717, 1.165) is 22.8 Å². The lowest BCUT2D eigenvalue weighted by Gasteiger charge is -2.15. The van der Waals surface area contributed by atoms with Gasteiger partial charge in [-0.15, -0.1) is 0 Å². The molecule has 0 unspecified atom stereocenters. The summed E-state index contributed by atoms with van der Waals surface area (Å²) < 4.78 is 5.50. The fraction of sp³-hybridized carbons (Fsp3) is 0.312. The Hall–Kier alpha value is -2.27. The lowest BCUT2D eigenvalue weighted by atomic mass is 10.2. The highest BCUT2D eigenvalue weighted by Crippen LogP contribution is 2.18. The molecule has 1 aromatic carbocycles. The fourth-order valence-corrected chi connectivity index (χ4v) is 2.10. The van der Waals surface area contributed by atoms with Crippen molar-refractivity contribution < 1.29 is 9.21 Å². The molecule has 1 amide bonds. The second-order valence-corrected chi connectivity index (χ2v) is 5.31. The van der Waals surface area contributed by atoms with Gasteiger partial charge in [0.2, 0.25) is 5.91 Å². The number of hydrogen-bond donors (Lipinski definition) is 2. The number of amides is 1. The zero-order chi connectivity index (χ0) is 15.4. The first-order valence-corrected chi connectivity index (χ1v) is 6.84. The maximum atomic E-state index is 12.1. The molecule has 0 aliphatic heterocycles. The van der Waals surface area contributed by atoms with Crippen LogP contribution in [0.15, 0.2) is 34.7 Å². The van der Waals surface area contributed by atoms with E-state index in [4.69, 9.17) is 10.2 Å². The minimum absolute atomic E-state index is 0.0746. The zero-order valence-corrected chi connectivity index (χ0v) is 12.6. The van der Waals surface area contributed by atoms with Crippen molar-refractivity contribution in [3.8, 4) is 0 Å². The van der Waals surface area contributed by atoms with E-state index < -0.39 is 0 Å². The molecule has 0 bridgehead atoms. The van der Waals surface area contributed by atoms with Crippen molar-refractivity contribution in [1.29, 1.82) is 0 Å². The molecule has 1 heterocycles. The Kier molecular flexibility index (Phi) is 4.65. The van der Waals surface area contributed by atoms with Crippen molar-refractivity contribution in [2.45, 2.75) is 20.4 Å². The van der Waals surface area contributed by atoms with Gasteiger partial charge in [-0.2, -0.15) is 0 Å². The van der Waals surface area contributed by atoms with Crippen LogP contribution in [0.25, 0.3) is 0 Å². The SMILES string of the molecule is Cc1ccc(CN(C)CC(=O)Nc2cc(N)ccc2C)o1. The quantitative estimate of drug-likeness (QED) is 0.829. The summed E-state index contributed by atoms with van der Waals surface area (Å²) in [7, 11) is 1.88. The number of nitrogens with one attached hydrogen (secondary N) is 1. The van der Waals surface area contributed by atoms with Crippen LogP contribution in [0.2, 0.25) is 0 Å². The summed E-state index contributed by atoms with van der Waals surface area (Å²) in [6.07, 6.45) is 0. The molecule has 112 valence electrons. The van der Waals surface area contributed by atoms with Gasteiger partial charge in [0.05, 0.1) is 13.1 Å². The zero-order valence-electron chi connectivity index (χ0n) is 12.6. The van der Waals surface area contributed by atoms with E-state index in [1.807, 2.05) is 50.1 Å². The molecule has 0 atom stereocenters. The lowest BCUT2D eigenvalue weighted by Crippen LogP contribution is -2.29. The predicted octanol–water partition coefficient (Wildman–Crippen LogP) is 2.55. The summed E-state index contributed by atoms with van der Waals surface area (Å²) in [5, 5.41) is 2.88. The highest BCUT2D eigenvalue weighted by Gasteiger charge is 2.10. The molecular formula is C16H21N3O2. The molecule has 0 saturated heterocycles.